The van der Waals surface area contributed by atoms with E-state index in [1.807, 2.05) is 24.3 Å². The molecule has 4 nitrogen and oxygen atoms in total. The number of fused-ring (bicyclic) bond motifs is 1. The fourth-order valence-corrected chi connectivity index (χ4v) is 2.62. The van der Waals surface area contributed by atoms with Crippen LogP contribution in [0, 0.1) is 0 Å². The number of nitrogens with zero attached hydrogens (tertiary/aromatic N) is 1. The number of halogens is 1. The van der Waals surface area contributed by atoms with Gasteiger partial charge in [-0.1, -0.05) is 46.3 Å². The lowest BCUT2D eigenvalue weighted by molar-refractivity contribution is -0.114. The average Bonchev–Trinajstić information content (AvgIpc) is 2.80. The van der Waals surface area contributed by atoms with E-state index < -0.39 is 11.8 Å². The third kappa shape index (κ3) is 3.14. The van der Waals surface area contributed by atoms with E-state index in [4.69, 9.17) is 0 Å². The summed E-state index contributed by atoms with van der Waals surface area (Å²) >= 11 is 3.34. The van der Waals surface area contributed by atoms with Gasteiger partial charge in [-0.15, -0.1) is 0 Å². The van der Waals surface area contributed by atoms with Gasteiger partial charge in [-0.25, -0.2) is 0 Å². The van der Waals surface area contributed by atoms with Crippen molar-refractivity contribution in [3.63, 3.8) is 0 Å². The maximum Gasteiger partial charge on any atom is 0.261 e. The Balaban J connectivity index is 1.70. The minimum Gasteiger partial charge on any atom is -0.293 e. The molecule has 1 heterocycles. The molecule has 0 unspecified atom stereocenters. The van der Waals surface area contributed by atoms with Gasteiger partial charge >= 0.3 is 0 Å². The molecule has 23 heavy (non-hydrogen) atoms. The summed E-state index contributed by atoms with van der Waals surface area (Å²) in [5.74, 6) is -1.14. The SMILES string of the molecule is O=C(C=Cc1ccc(Br)cc1)CN1C(=O)c2ccccc2C1=O. The molecule has 1 aliphatic heterocycles. The lowest BCUT2D eigenvalue weighted by atomic mass is 10.1. The Kier molecular flexibility index (Phi) is 4.21. The van der Waals surface area contributed by atoms with Gasteiger partial charge < -0.3 is 0 Å². The fourth-order valence-electron chi connectivity index (χ4n) is 2.35. The number of carbonyl (C=O) groups is 3. The lowest BCUT2D eigenvalue weighted by Crippen LogP contribution is -2.34. The van der Waals surface area contributed by atoms with E-state index in [1.54, 1.807) is 30.3 Å². The molecule has 0 fully saturated rings. The van der Waals surface area contributed by atoms with Crippen molar-refractivity contribution in [3.8, 4) is 0 Å². The first kappa shape index (κ1) is 15.4. The van der Waals surface area contributed by atoms with Crippen LogP contribution < -0.4 is 0 Å². The Morgan fingerprint density at radius 1 is 0.957 bits per heavy atom. The fraction of sp³-hybridized carbons (Fsp3) is 0.0556. The first-order chi connectivity index (χ1) is 11.1. The second-order valence-electron chi connectivity index (χ2n) is 5.09. The number of ketones is 1. The van der Waals surface area contributed by atoms with Crippen LogP contribution in [-0.4, -0.2) is 29.0 Å². The topological polar surface area (TPSA) is 54.5 Å². The van der Waals surface area contributed by atoms with Crippen molar-refractivity contribution in [1.82, 2.24) is 4.90 Å². The Labute approximate surface area is 141 Å². The van der Waals surface area contributed by atoms with E-state index >= 15 is 0 Å². The van der Waals surface area contributed by atoms with Gasteiger partial charge in [0.1, 0.15) is 0 Å². The summed E-state index contributed by atoms with van der Waals surface area (Å²) < 4.78 is 0.951. The summed E-state index contributed by atoms with van der Waals surface area (Å²) in [5, 5.41) is 0. The zero-order valence-corrected chi connectivity index (χ0v) is 13.6. The van der Waals surface area contributed by atoms with Gasteiger partial charge in [0.05, 0.1) is 17.7 Å². The molecule has 0 aromatic heterocycles. The zero-order chi connectivity index (χ0) is 16.4. The normalized spacial score (nSPS) is 13.7. The van der Waals surface area contributed by atoms with Crippen LogP contribution in [0.25, 0.3) is 6.08 Å². The van der Waals surface area contributed by atoms with Gasteiger partial charge in [-0.2, -0.15) is 0 Å². The van der Waals surface area contributed by atoms with E-state index in [9.17, 15) is 14.4 Å². The van der Waals surface area contributed by atoms with E-state index in [-0.39, 0.29) is 12.3 Å². The minimum atomic E-state index is -0.420. The molecule has 2 aromatic carbocycles. The molecular weight excluding hydrogens is 358 g/mol. The molecule has 2 aromatic rings. The van der Waals surface area contributed by atoms with Crippen LogP contribution in [0.2, 0.25) is 0 Å². The van der Waals surface area contributed by atoms with Crippen LogP contribution in [-0.2, 0) is 4.79 Å². The standard InChI is InChI=1S/C18H12BrNO3/c19-13-8-5-12(6-9-13)7-10-14(21)11-20-17(22)15-3-1-2-4-16(15)18(20)23/h1-10H,11H2. The Hall–Kier alpha value is -2.53. The summed E-state index contributed by atoms with van der Waals surface area (Å²) in [6.07, 6.45) is 3.04. The third-order valence-corrected chi connectivity index (χ3v) is 4.05. The van der Waals surface area contributed by atoms with Gasteiger partial charge in [0.25, 0.3) is 11.8 Å². The summed E-state index contributed by atoms with van der Waals surface area (Å²) in [4.78, 5) is 37.4. The zero-order valence-electron chi connectivity index (χ0n) is 12.0. The highest BCUT2D eigenvalue weighted by Crippen LogP contribution is 2.22. The Morgan fingerprint density at radius 2 is 1.52 bits per heavy atom. The third-order valence-electron chi connectivity index (χ3n) is 3.52. The highest BCUT2D eigenvalue weighted by Gasteiger charge is 2.35. The number of amides is 2. The van der Waals surface area contributed by atoms with Crippen molar-refractivity contribution < 1.29 is 14.4 Å². The molecule has 0 aliphatic carbocycles. The van der Waals surface area contributed by atoms with E-state index in [2.05, 4.69) is 15.9 Å². The number of carbonyl (C=O) groups excluding carboxylic acids is 3. The summed E-state index contributed by atoms with van der Waals surface area (Å²) in [5.41, 5.74) is 1.56. The number of benzene rings is 2. The average molecular weight is 370 g/mol. The molecule has 0 atom stereocenters. The first-order valence-electron chi connectivity index (χ1n) is 6.98. The van der Waals surface area contributed by atoms with Crippen molar-refractivity contribution in [2.24, 2.45) is 0 Å². The van der Waals surface area contributed by atoms with Crippen LogP contribution in [0.5, 0.6) is 0 Å². The largest absolute Gasteiger partial charge is 0.293 e. The number of imide groups is 1. The minimum absolute atomic E-state index is 0.251. The van der Waals surface area contributed by atoms with Crippen LogP contribution >= 0.6 is 15.9 Å². The quantitative estimate of drug-likeness (QED) is 0.613. The predicted molar refractivity (Wildman–Crippen MR) is 90.0 cm³/mol. The number of rotatable bonds is 4. The van der Waals surface area contributed by atoms with Gasteiger partial charge in [-0.3, -0.25) is 19.3 Å². The molecule has 3 rings (SSSR count). The summed E-state index contributed by atoms with van der Waals surface area (Å²) in [6.45, 7) is -0.251. The molecule has 0 saturated heterocycles. The molecule has 0 bridgehead atoms. The molecule has 5 heteroatoms. The molecule has 0 N–H and O–H groups in total. The van der Waals surface area contributed by atoms with Gasteiger partial charge in [0, 0.05) is 4.47 Å². The van der Waals surface area contributed by atoms with Crippen LogP contribution in [0.15, 0.2) is 59.1 Å². The maximum atomic E-state index is 12.2. The van der Waals surface area contributed by atoms with E-state index in [0.29, 0.717) is 11.1 Å². The molecule has 0 radical (unpaired) electrons. The Bertz CT molecular complexity index is 789. The number of hydrogen-bond acceptors (Lipinski definition) is 3. The van der Waals surface area contributed by atoms with Crippen LogP contribution in [0.4, 0.5) is 0 Å². The van der Waals surface area contributed by atoms with Crippen LogP contribution in [0.3, 0.4) is 0 Å². The molecule has 0 saturated carbocycles. The van der Waals surface area contributed by atoms with Crippen LogP contribution in [0.1, 0.15) is 26.3 Å². The predicted octanol–water partition coefficient (Wildman–Crippen LogP) is 3.33. The second kappa shape index (κ2) is 6.30. The molecule has 1 aliphatic rings. The summed E-state index contributed by atoms with van der Waals surface area (Å²) in [6, 6.07) is 14.0. The van der Waals surface area contributed by atoms with Crippen molar-refractivity contribution in [3.05, 3.63) is 75.8 Å². The molecule has 2 amide bonds. The molecule has 0 spiro atoms. The number of hydrogen-bond donors (Lipinski definition) is 0. The van der Waals surface area contributed by atoms with E-state index in [1.165, 1.54) is 6.08 Å². The highest BCUT2D eigenvalue weighted by molar-refractivity contribution is 9.10. The monoisotopic (exact) mass is 369 g/mol. The van der Waals surface area contributed by atoms with Gasteiger partial charge in [0.15, 0.2) is 5.78 Å². The van der Waals surface area contributed by atoms with Crippen molar-refractivity contribution >= 4 is 39.6 Å². The van der Waals surface area contributed by atoms with E-state index in [0.717, 1.165) is 14.9 Å². The molecular formula is C18H12BrNO3. The first-order valence-corrected chi connectivity index (χ1v) is 7.77. The van der Waals surface area contributed by atoms with Crippen molar-refractivity contribution in [1.29, 1.82) is 0 Å². The van der Waals surface area contributed by atoms with Crippen molar-refractivity contribution in [2.45, 2.75) is 0 Å². The second-order valence-corrected chi connectivity index (χ2v) is 6.01. The van der Waals surface area contributed by atoms with Crippen molar-refractivity contribution in [2.75, 3.05) is 6.54 Å². The molecule has 114 valence electrons. The Morgan fingerprint density at radius 3 is 2.09 bits per heavy atom. The highest BCUT2D eigenvalue weighted by atomic mass is 79.9. The van der Waals surface area contributed by atoms with Gasteiger partial charge in [-0.05, 0) is 35.9 Å². The maximum absolute atomic E-state index is 12.2. The summed E-state index contributed by atoms with van der Waals surface area (Å²) in [7, 11) is 0. The smallest absolute Gasteiger partial charge is 0.261 e. The lowest BCUT2D eigenvalue weighted by Gasteiger charge is -2.10. The van der Waals surface area contributed by atoms with Gasteiger partial charge in [0.2, 0.25) is 0 Å².